The molecule has 0 aliphatic carbocycles. The van der Waals surface area contributed by atoms with E-state index in [4.69, 9.17) is 0 Å². The van der Waals surface area contributed by atoms with E-state index < -0.39 is 0 Å². The van der Waals surface area contributed by atoms with Gasteiger partial charge in [-0.25, -0.2) is 0 Å². The third kappa shape index (κ3) is 2.34. The van der Waals surface area contributed by atoms with Crippen LogP contribution in [0.5, 0.6) is 0 Å². The Morgan fingerprint density at radius 3 is 2.47 bits per heavy atom. The maximum Gasteiger partial charge on any atom is 0.257 e. The van der Waals surface area contributed by atoms with Crippen LogP contribution < -0.4 is 5.32 Å². The first-order valence-corrected chi connectivity index (χ1v) is 7.37. The minimum absolute atomic E-state index is 0.173. The Morgan fingerprint density at radius 2 is 1.84 bits per heavy atom. The molecular formula is C16H24N2O. The summed E-state index contributed by atoms with van der Waals surface area (Å²) in [5, 5.41) is 3.60. The first kappa shape index (κ1) is 13.9. The quantitative estimate of drug-likeness (QED) is 0.871. The van der Waals surface area contributed by atoms with Gasteiger partial charge in [-0.3, -0.25) is 4.79 Å². The number of para-hydroxylation sites is 1. The molecule has 3 nitrogen and oxygen atoms in total. The zero-order valence-corrected chi connectivity index (χ0v) is 12.2. The van der Waals surface area contributed by atoms with Crippen molar-refractivity contribution in [1.29, 1.82) is 0 Å². The predicted molar refractivity (Wildman–Crippen MR) is 79.3 cm³/mol. The number of hydrogen-bond donors (Lipinski definition) is 1. The summed E-state index contributed by atoms with van der Waals surface area (Å²) in [5.74, 6) is 0.173. The fourth-order valence-electron chi connectivity index (χ4n) is 2.88. The van der Waals surface area contributed by atoms with Gasteiger partial charge in [0.2, 0.25) is 0 Å². The second kappa shape index (κ2) is 5.64. The smallest absolute Gasteiger partial charge is 0.257 e. The van der Waals surface area contributed by atoms with Gasteiger partial charge in [0.15, 0.2) is 0 Å². The number of carbonyl (C=O) groups is 1. The fourth-order valence-corrected chi connectivity index (χ4v) is 2.88. The molecule has 3 heteroatoms. The molecule has 0 spiro atoms. The SMILES string of the molecule is CCCCN1C(=O)c2ccccc2NC1(CC)CC. The number of nitrogens with one attached hydrogen (secondary N) is 1. The minimum atomic E-state index is -0.222. The van der Waals surface area contributed by atoms with E-state index >= 15 is 0 Å². The van der Waals surface area contributed by atoms with Crippen molar-refractivity contribution in [2.45, 2.75) is 52.1 Å². The van der Waals surface area contributed by atoms with Crippen molar-refractivity contribution in [2.75, 3.05) is 11.9 Å². The number of anilines is 1. The van der Waals surface area contributed by atoms with Gasteiger partial charge in [-0.05, 0) is 31.4 Å². The van der Waals surface area contributed by atoms with E-state index in [0.29, 0.717) is 0 Å². The van der Waals surface area contributed by atoms with Crippen molar-refractivity contribution in [3.63, 3.8) is 0 Å². The van der Waals surface area contributed by atoms with Crippen molar-refractivity contribution >= 4 is 11.6 Å². The van der Waals surface area contributed by atoms with Crippen LogP contribution >= 0.6 is 0 Å². The largest absolute Gasteiger partial charge is 0.362 e. The molecule has 1 amide bonds. The minimum Gasteiger partial charge on any atom is -0.362 e. The standard InChI is InChI=1S/C16H24N2O/c1-4-7-12-18-15(19)13-10-8-9-11-14(13)17-16(18,5-2)6-3/h8-11,17H,4-7,12H2,1-3H3. The summed E-state index contributed by atoms with van der Waals surface area (Å²) in [4.78, 5) is 14.8. The lowest BCUT2D eigenvalue weighted by atomic mass is 9.94. The van der Waals surface area contributed by atoms with E-state index in [1.165, 1.54) is 0 Å². The number of fused-ring (bicyclic) bond motifs is 1. The second-order valence-corrected chi connectivity index (χ2v) is 5.22. The molecule has 0 aromatic heterocycles. The molecule has 1 heterocycles. The third-order valence-corrected chi connectivity index (χ3v) is 4.19. The lowest BCUT2D eigenvalue weighted by Crippen LogP contribution is -2.59. The van der Waals surface area contributed by atoms with Crippen LogP contribution in [0.4, 0.5) is 5.69 Å². The molecule has 0 unspecified atom stereocenters. The molecule has 0 fully saturated rings. The second-order valence-electron chi connectivity index (χ2n) is 5.22. The fraction of sp³-hybridized carbons (Fsp3) is 0.562. The average molecular weight is 260 g/mol. The number of benzene rings is 1. The Kier molecular flexibility index (Phi) is 4.13. The van der Waals surface area contributed by atoms with Crippen molar-refractivity contribution in [1.82, 2.24) is 4.90 Å². The van der Waals surface area contributed by atoms with Gasteiger partial charge in [-0.2, -0.15) is 0 Å². The monoisotopic (exact) mass is 260 g/mol. The number of amides is 1. The summed E-state index contributed by atoms with van der Waals surface area (Å²) >= 11 is 0. The van der Waals surface area contributed by atoms with Gasteiger partial charge >= 0.3 is 0 Å². The Balaban J connectivity index is 2.41. The van der Waals surface area contributed by atoms with Crippen molar-refractivity contribution in [3.8, 4) is 0 Å². The maximum absolute atomic E-state index is 12.7. The van der Waals surface area contributed by atoms with Gasteiger partial charge in [0, 0.05) is 12.2 Å². The zero-order valence-electron chi connectivity index (χ0n) is 12.2. The van der Waals surface area contributed by atoms with Crippen LogP contribution in [0.3, 0.4) is 0 Å². The van der Waals surface area contributed by atoms with E-state index in [2.05, 4.69) is 26.1 Å². The highest BCUT2D eigenvalue weighted by Crippen LogP contribution is 2.35. The van der Waals surface area contributed by atoms with Crippen LogP contribution in [0.25, 0.3) is 0 Å². The number of rotatable bonds is 5. The topological polar surface area (TPSA) is 32.3 Å². The predicted octanol–water partition coefficient (Wildman–Crippen LogP) is 3.87. The van der Waals surface area contributed by atoms with Crippen LogP contribution in [0.2, 0.25) is 0 Å². The van der Waals surface area contributed by atoms with Crippen LogP contribution in [-0.4, -0.2) is 23.0 Å². The highest BCUT2D eigenvalue weighted by Gasteiger charge is 2.41. The molecule has 1 aromatic carbocycles. The van der Waals surface area contributed by atoms with Gasteiger partial charge in [0.1, 0.15) is 5.66 Å². The van der Waals surface area contributed by atoms with E-state index in [9.17, 15) is 4.79 Å². The van der Waals surface area contributed by atoms with Gasteiger partial charge < -0.3 is 10.2 Å². The summed E-state index contributed by atoms with van der Waals surface area (Å²) in [6.07, 6.45) is 4.01. The van der Waals surface area contributed by atoms with E-state index in [-0.39, 0.29) is 11.6 Å². The van der Waals surface area contributed by atoms with Crippen LogP contribution in [-0.2, 0) is 0 Å². The molecule has 104 valence electrons. The zero-order chi connectivity index (χ0) is 13.9. The summed E-state index contributed by atoms with van der Waals surface area (Å²) in [6.45, 7) is 7.29. The molecule has 1 aliphatic rings. The van der Waals surface area contributed by atoms with E-state index in [0.717, 1.165) is 43.5 Å². The van der Waals surface area contributed by atoms with Gasteiger partial charge in [0.05, 0.1) is 5.56 Å². The number of carbonyl (C=O) groups excluding carboxylic acids is 1. The Labute approximate surface area is 116 Å². The van der Waals surface area contributed by atoms with Gasteiger partial charge in [-0.15, -0.1) is 0 Å². The highest BCUT2D eigenvalue weighted by molar-refractivity contribution is 6.02. The molecule has 19 heavy (non-hydrogen) atoms. The highest BCUT2D eigenvalue weighted by atomic mass is 16.2. The summed E-state index contributed by atoms with van der Waals surface area (Å²) in [5.41, 5.74) is 1.56. The molecule has 1 aliphatic heterocycles. The first-order chi connectivity index (χ1) is 9.18. The number of nitrogens with zero attached hydrogens (tertiary/aromatic N) is 1. The van der Waals surface area contributed by atoms with Crippen molar-refractivity contribution in [2.24, 2.45) is 0 Å². The van der Waals surface area contributed by atoms with Gasteiger partial charge in [-0.1, -0.05) is 39.3 Å². The average Bonchev–Trinajstić information content (AvgIpc) is 2.46. The van der Waals surface area contributed by atoms with Crippen LogP contribution in [0.1, 0.15) is 56.8 Å². The third-order valence-electron chi connectivity index (χ3n) is 4.19. The molecule has 0 bridgehead atoms. The Morgan fingerprint density at radius 1 is 1.16 bits per heavy atom. The lowest BCUT2D eigenvalue weighted by molar-refractivity contribution is 0.0477. The number of hydrogen-bond acceptors (Lipinski definition) is 2. The van der Waals surface area contributed by atoms with Crippen molar-refractivity contribution < 1.29 is 4.79 Å². The molecule has 1 N–H and O–H groups in total. The number of unbranched alkanes of at least 4 members (excludes halogenated alkanes) is 1. The molecule has 0 saturated carbocycles. The molecule has 0 saturated heterocycles. The van der Waals surface area contributed by atoms with E-state index in [1.807, 2.05) is 29.2 Å². The summed E-state index contributed by atoms with van der Waals surface area (Å²) < 4.78 is 0. The summed E-state index contributed by atoms with van der Waals surface area (Å²) in [6, 6.07) is 7.83. The Hall–Kier alpha value is -1.51. The van der Waals surface area contributed by atoms with Crippen molar-refractivity contribution in [3.05, 3.63) is 29.8 Å². The molecule has 0 radical (unpaired) electrons. The van der Waals surface area contributed by atoms with E-state index in [1.54, 1.807) is 0 Å². The molecular weight excluding hydrogens is 236 g/mol. The first-order valence-electron chi connectivity index (χ1n) is 7.37. The summed E-state index contributed by atoms with van der Waals surface area (Å²) in [7, 11) is 0. The molecule has 2 rings (SSSR count). The Bertz CT molecular complexity index is 452. The van der Waals surface area contributed by atoms with Gasteiger partial charge in [0.25, 0.3) is 5.91 Å². The lowest BCUT2D eigenvalue weighted by Gasteiger charge is -2.48. The van der Waals surface area contributed by atoms with Crippen LogP contribution in [0.15, 0.2) is 24.3 Å². The molecule has 0 atom stereocenters. The normalized spacial score (nSPS) is 17.0. The molecule has 1 aromatic rings. The van der Waals surface area contributed by atoms with Crippen LogP contribution in [0, 0.1) is 0 Å². The maximum atomic E-state index is 12.7.